The van der Waals surface area contributed by atoms with Crippen molar-refractivity contribution in [2.75, 3.05) is 25.3 Å². The van der Waals surface area contributed by atoms with Gasteiger partial charge in [-0.1, -0.05) is 11.8 Å². The molecule has 11 heteroatoms. The molecule has 0 atom stereocenters. The Morgan fingerprint density at radius 2 is 2.07 bits per heavy atom. The molecule has 0 fully saturated rings. The number of benzene rings is 1. The summed E-state index contributed by atoms with van der Waals surface area (Å²) in [7, 11) is 3.05. The van der Waals surface area contributed by atoms with Gasteiger partial charge in [-0.15, -0.1) is 10.2 Å². The number of hydrogen-bond acceptors (Lipinski definition) is 8. The second kappa shape index (κ2) is 9.15. The zero-order valence-electron chi connectivity index (χ0n) is 15.7. The molecule has 2 aromatic heterocycles. The highest BCUT2D eigenvalue weighted by Crippen LogP contribution is 2.29. The predicted octanol–water partition coefficient (Wildman–Crippen LogP) is 1.77. The maximum absolute atomic E-state index is 12.4. The highest BCUT2D eigenvalue weighted by molar-refractivity contribution is 7.99. The Morgan fingerprint density at radius 3 is 2.72 bits per heavy atom. The highest BCUT2D eigenvalue weighted by Gasteiger charge is 2.19. The van der Waals surface area contributed by atoms with Gasteiger partial charge < -0.3 is 24.9 Å². The maximum Gasteiger partial charge on any atom is 0.237 e. The number of anilines is 1. The number of aromatic nitrogens is 3. The first-order valence-corrected chi connectivity index (χ1v) is 9.40. The van der Waals surface area contributed by atoms with Gasteiger partial charge >= 0.3 is 0 Å². The van der Waals surface area contributed by atoms with E-state index in [0.717, 1.165) is 11.8 Å². The van der Waals surface area contributed by atoms with Crippen LogP contribution < -0.4 is 20.5 Å². The first-order valence-electron chi connectivity index (χ1n) is 8.42. The summed E-state index contributed by atoms with van der Waals surface area (Å²) in [4.78, 5) is 23.8. The van der Waals surface area contributed by atoms with Crippen LogP contribution in [0, 0.1) is 0 Å². The number of thioether (sulfide) groups is 1. The lowest BCUT2D eigenvalue weighted by atomic mass is 10.2. The Morgan fingerprint density at radius 1 is 1.24 bits per heavy atom. The molecule has 3 N–H and O–H groups in total. The molecule has 0 aliphatic carbocycles. The van der Waals surface area contributed by atoms with Crippen LogP contribution in [-0.4, -0.2) is 46.6 Å². The van der Waals surface area contributed by atoms with Crippen LogP contribution in [0.25, 0.3) is 11.6 Å². The molecule has 3 rings (SSSR count). The summed E-state index contributed by atoms with van der Waals surface area (Å²) >= 11 is 1.12. The van der Waals surface area contributed by atoms with Crippen molar-refractivity contribution in [3.05, 3.63) is 36.6 Å². The summed E-state index contributed by atoms with van der Waals surface area (Å²) in [6.45, 7) is -0.140. The molecule has 10 nitrogen and oxygen atoms in total. The molecule has 0 unspecified atom stereocenters. The van der Waals surface area contributed by atoms with E-state index in [1.165, 1.54) is 17.9 Å². The van der Waals surface area contributed by atoms with Crippen molar-refractivity contribution >= 4 is 29.3 Å². The summed E-state index contributed by atoms with van der Waals surface area (Å²) in [6.07, 6.45) is 1.49. The van der Waals surface area contributed by atoms with E-state index >= 15 is 0 Å². The van der Waals surface area contributed by atoms with Crippen LogP contribution in [0.4, 0.5) is 5.69 Å². The lowest BCUT2D eigenvalue weighted by Crippen LogP contribution is -2.20. The number of furan rings is 1. The average Bonchev–Trinajstić information content (AvgIpc) is 3.36. The number of rotatable bonds is 9. The third-order valence-electron chi connectivity index (χ3n) is 3.79. The molecular formula is C18H19N5O5S. The van der Waals surface area contributed by atoms with Crippen LogP contribution in [-0.2, 0) is 16.1 Å². The Hall–Kier alpha value is -3.47. The average molecular weight is 417 g/mol. The summed E-state index contributed by atoms with van der Waals surface area (Å²) in [5, 5.41) is 11.2. The standard InChI is InChI=1S/C18H19N5O5S/c1-26-11-5-6-12(14(8-11)27-2)20-16(25)10-29-18-22-21-17(13-4-3-7-28-13)23(18)9-15(19)24/h3-8H,9-10H2,1-2H3,(H2,19,24)(H,20,25). The molecule has 0 aliphatic heterocycles. The van der Waals surface area contributed by atoms with Gasteiger partial charge in [0.1, 0.15) is 18.0 Å². The van der Waals surface area contributed by atoms with E-state index in [-0.39, 0.29) is 18.2 Å². The van der Waals surface area contributed by atoms with Crippen molar-refractivity contribution in [1.29, 1.82) is 0 Å². The van der Waals surface area contributed by atoms with E-state index in [1.807, 2.05) is 0 Å². The zero-order chi connectivity index (χ0) is 20.8. The predicted molar refractivity (Wildman–Crippen MR) is 106 cm³/mol. The quantitative estimate of drug-likeness (QED) is 0.503. The number of ether oxygens (including phenoxy) is 2. The number of carbonyl (C=O) groups excluding carboxylic acids is 2. The van der Waals surface area contributed by atoms with Crippen LogP contribution in [0.1, 0.15) is 0 Å². The fourth-order valence-corrected chi connectivity index (χ4v) is 3.24. The normalized spacial score (nSPS) is 10.6. The second-order valence-corrected chi connectivity index (χ2v) is 6.68. The van der Waals surface area contributed by atoms with Gasteiger partial charge in [0.2, 0.25) is 17.6 Å². The SMILES string of the molecule is COc1ccc(NC(=O)CSc2nnc(-c3ccco3)n2CC(N)=O)c(OC)c1. The van der Waals surface area contributed by atoms with Crippen molar-refractivity contribution in [1.82, 2.24) is 14.8 Å². The maximum atomic E-state index is 12.4. The van der Waals surface area contributed by atoms with Crippen LogP contribution in [0.2, 0.25) is 0 Å². The number of primary amides is 1. The monoisotopic (exact) mass is 417 g/mol. The third kappa shape index (κ3) is 4.88. The number of nitrogens with zero attached hydrogens (tertiary/aromatic N) is 3. The third-order valence-corrected chi connectivity index (χ3v) is 4.75. The fraction of sp³-hybridized carbons (Fsp3) is 0.222. The molecule has 2 heterocycles. The van der Waals surface area contributed by atoms with Crippen molar-refractivity contribution in [3.8, 4) is 23.1 Å². The van der Waals surface area contributed by atoms with Gasteiger partial charge in [0.25, 0.3) is 0 Å². The van der Waals surface area contributed by atoms with E-state index in [2.05, 4.69) is 15.5 Å². The minimum Gasteiger partial charge on any atom is -0.497 e. The molecule has 0 aliphatic rings. The summed E-state index contributed by atoms with van der Waals surface area (Å²) in [5.74, 6) is 1.06. The Bertz CT molecular complexity index is 1000. The molecule has 29 heavy (non-hydrogen) atoms. The molecule has 0 saturated carbocycles. The Kier molecular flexibility index (Phi) is 6.39. The molecule has 0 bridgehead atoms. The van der Waals surface area contributed by atoms with E-state index < -0.39 is 5.91 Å². The summed E-state index contributed by atoms with van der Waals surface area (Å²) in [5.41, 5.74) is 5.84. The zero-order valence-corrected chi connectivity index (χ0v) is 16.6. The summed E-state index contributed by atoms with van der Waals surface area (Å²) in [6, 6.07) is 8.46. The van der Waals surface area contributed by atoms with Gasteiger partial charge in [-0.05, 0) is 24.3 Å². The Balaban J connectivity index is 1.71. The van der Waals surface area contributed by atoms with Crippen molar-refractivity contribution in [2.45, 2.75) is 11.7 Å². The van der Waals surface area contributed by atoms with Crippen LogP contribution >= 0.6 is 11.8 Å². The number of hydrogen-bond donors (Lipinski definition) is 2. The van der Waals surface area contributed by atoms with E-state index in [1.54, 1.807) is 37.4 Å². The highest BCUT2D eigenvalue weighted by atomic mass is 32.2. The molecular weight excluding hydrogens is 398 g/mol. The van der Waals surface area contributed by atoms with Crippen molar-refractivity contribution in [3.63, 3.8) is 0 Å². The van der Waals surface area contributed by atoms with E-state index in [4.69, 9.17) is 19.6 Å². The molecule has 1 aromatic carbocycles. The number of nitrogens with one attached hydrogen (secondary N) is 1. The van der Waals surface area contributed by atoms with Gasteiger partial charge in [0, 0.05) is 6.07 Å². The molecule has 0 radical (unpaired) electrons. The first-order chi connectivity index (χ1) is 14.0. The molecule has 3 aromatic rings. The van der Waals surface area contributed by atoms with Gasteiger partial charge in [-0.25, -0.2) is 0 Å². The number of carbonyl (C=O) groups is 2. The van der Waals surface area contributed by atoms with Gasteiger partial charge in [-0.3, -0.25) is 14.2 Å². The molecule has 0 spiro atoms. The van der Waals surface area contributed by atoms with Gasteiger partial charge in [0.15, 0.2) is 10.9 Å². The lowest BCUT2D eigenvalue weighted by Gasteiger charge is -2.11. The number of methoxy groups -OCH3 is 2. The Labute approximate surface area is 170 Å². The smallest absolute Gasteiger partial charge is 0.237 e. The van der Waals surface area contributed by atoms with Crippen LogP contribution in [0.5, 0.6) is 11.5 Å². The lowest BCUT2D eigenvalue weighted by molar-refractivity contribution is -0.118. The minimum atomic E-state index is -0.563. The summed E-state index contributed by atoms with van der Waals surface area (Å²) < 4.78 is 17.2. The first kappa shape index (κ1) is 20.3. The van der Waals surface area contributed by atoms with E-state index in [9.17, 15) is 9.59 Å². The van der Waals surface area contributed by atoms with Crippen molar-refractivity contribution < 1.29 is 23.5 Å². The molecule has 152 valence electrons. The van der Waals surface area contributed by atoms with E-state index in [0.29, 0.717) is 33.9 Å². The van der Waals surface area contributed by atoms with Gasteiger partial charge in [-0.2, -0.15) is 0 Å². The fourth-order valence-electron chi connectivity index (χ4n) is 2.50. The van der Waals surface area contributed by atoms with Crippen LogP contribution in [0.3, 0.4) is 0 Å². The minimum absolute atomic E-state index is 0.0320. The second-order valence-electron chi connectivity index (χ2n) is 5.74. The molecule has 2 amide bonds. The van der Waals surface area contributed by atoms with Crippen LogP contribution in [0.15, 0.2) is 46.2 Å². The van der Waals surface area contributed by atoms with Crippen molar-refractivity contribution in [2.24, 2.45) is 5.73 Å². The largest absolute Gasteiger partial charge is 0.497 e. The van der Waals surface area contributed by atoms with Gasteiger partial charge in [0.05, 0.1) is 31.9 Å². The number of amides is 2. The topological polar surface area (TPSA) is 134 Å². The number of nitrogens with two attached hydrogens (primary N) is 1. The molecule has 0 saturated heterocycles.